The summed E-state index contributed by atoms with van der Waals surface area (Å²) in [6, 6.07) is 15.6. The summed E-state index contributed by atoms with van der Waals surface area (Å²) in [7, 11) is 1.78. The van der Waals surface area contributed by atoms with E-state index in [2.05, 4.69) is 44.8 Å². The van der Waals surface area contributed by atoms with Crippen molar-refractivity contribution >= 4 is 11.6 Å². The first kappa shape index (κ1) is 19.7. The first-order valence-electron chi connectivity index (χ1n) is 10.3. The van der Waals surface area contributed by atoms with Crippen LogP contribution >= 0.6 is 0 Å². The van der Waals surface area contributed by atoms with Crippen LogP contribution in [0.1, 0.15) is 24.0 Å². The SMILES string of the molecule is CN=C(NCc1ccc(N2CCOCC2)cc1)NCC1(c2cccc(F)c2)CC1. The molecule has 29 heavy (non-hydrogen) atoms. The number of aliphatic imine (C=N–C) groups is 1. The normalized spacial score (nSPS) is 18.4. The molecule has 1 aliphatic heterocycles. The summed E-state index contributed by atoms with van der Waals surface area (Å²) in [5.41, 5.74) is 3.54. The van der Waals surface area contributed by atoms with E-state index >= 15 is 0 Å². The largest absolute Gasteiger partial charge is 0.378 e. The average Bonchev–Trinajstić information content (AvgIpc) is 3.56. The second-order valence-electron chi connectivity index (χ2n) is 7.84. The average molecular weight is 397 g/mol. The van der Waals surface area contributed by atoms with Gasteiger partial charge in [-0.3, -0.25) is 4.99 Å². The molecule has 5 nitrogen and oxygen atoms in total. The summed E-state index contributed by atoms with van der Waals surface area (Å²) < 4.78 is 19.0. The van der Waals surface area contributed by atoms with E-state index in [0.29, 0.717) is 6.54 Å². The van der Waals surface area contributed by atoms with Crippen LogP contribution in [0.3, 0.4) is 0 Å². The van der Waals surface area contributed by atoms with Gasteiger partial charge in [0.05, 0.1) is 13.2 Å². The standard InChI is InChI=1S/C23H29FN4O/c1-25-22(27-17-23(9-10-23)19-3-2-4-20(24)15-19)26-16-18-5-7-21(8-6-18)28-11-13-29-14-12-28/h2-8,15H,9-14,16-17H2,1H3,(H2,25,26,27). The highest BCUT2D eigenvalue weighted by Gasteiger charge is 2.44. The van der Waals surface area contributed by atoms with Crippen LogP contribution in [0, 0.1) is 5.82 Å². The number of benzene rings is 2. The van der Waals surface area contributed by atoms with Gasteiger partial charge in [-0.2, -0.15) is 0 Å². The van der Waals surface area contributed by atoms with Gasteiger partial charge in [0.25, 0.3) is 0 Å². The molecule has 0 atom stereocenters. The highest BCUT2D eigenvalue weighted by Crippen LogP contribution is 2.47. The third-order valence-corrected chi connectivity index (χ3v) is 5.88. The Morgan fingerprint density at radius 2 is 1.86 bits per heavy atom. The van der Waals surface area contributed by atoms with E-state index in [1.807, 2.05) is 6.07 Å². The molecule has 154 valence electrons. The minimum atomic E-state index is -0.170. The van der Waals surface area contributed by atoms with Gasteiger partial charge in [-0.1, -0.05) is 24.3 Å². The zero-order chi connectivity index (χ0) is 20.1. The second kappa shape index (κ2) is 8.82. The molecule has 0 amide bonds. The van der Waals surface area contributed by atoms with Crippen LogP contribution in [0.5, 0.6) is 0 Å². The van der Waals surface area contributed by atoms with Crippen molar-refractivity contribution in [1.82, 2.24) is 10.6 Å². The van der Waals surface area contributed by atoms with Crippen molar-refractivity contribution in [3.8, 4) is 0 Å². The minimum Gasteiger partial charge on any atom is -0.378 e. The lowest BCUT2D eigenvalue weighted by Crippen LogP contribution is -2.41. The monoisotopic (exact) mass is 396 g/mol. The van der Waals surface area contributed by atoms with Gasteiger partial charge in [0, 0.05) is 44.3 Å². The minimum absolute atomic E-state index is 0.0273. The molecule has 0 bridgehead atoms. The number of anilines is 1. The third-order valence-electron chi connectivity index (χ3n) is 5.88. The van der Waals surface area contributed by atoms with E-state index in [9.17, 15) is 4.39 Å². The molecular formula is C23H29FN4O. The Kier molecular flexibility index (Phi) is 6.00. The second-order valence-corrected chi connectivity index (χ2v) is 7.84. The molecule has 2 aromatic rings. The molecule has 2 N–H and O–H groups in total. The number of hydrogen-bond donors (Lipinski definition) is 2. The summed E-state index contributed by atoms with van der Waals surface area (Å²) >= 11 is 0. The Bertz CT molecular complexity index is 842. The Morgan fingerprint density at radius 1 is 1.10 bits per heavy atom. The third kappa shape index (κ3) is 4.88. The van der Waals surface area contributed by atoms with Crippen LogP contribution in [0.25, 0.3) is 0 Å². The fraction of sp³-hybridized carbons (Fsp3) is 0.435. The maximum Gasteiger partial charge on any atom is 0.191 e. The number of nitrogens with zero attached hydrogens (tertiary/aromatic N) is 2. The van der Waals surface area contributed by atoms with E-state index < -0.39 is 0 Å². The van der Waals surface area contributed by atoms with Crippen LogP contribution in [0.4, 0.5) is 10.1 Å². The highest BCUT2D eigenvalue weighted by molar-refractivity contribution is 5.79. The molecule has 2 fully saturated rings. The number of guanidine groups is 1. The van der Waals surface area contributed by atoms with Crippen molar-refractivity contribution in [2.24, 2.45) is 4.99 Å². The predicted octanol–water partition coefficient (Wildman–Crippen LogP) is 3.06. The molecule has 1 saturated heterocycles. The number of morpholine rings is 1. The molecule has 0 unspecified atom stereocenters. The molecule has 0 radical (unpaired) electrons. The summed E-state index contributed by atoms with van der Waals surface area (Å²) in [5, 5.41) is 6.80. The lowest BCUT2D eigenvalue weighted by molar-refractivity contribution is 0.122. The van der Waals surface area contributed by atoms with Gasteiger partial charge in [0.2, 0.25) is 0 Å². The molecule has 0 aromatic heterocycles. The first-order valence-corrected chi connectivity index (χ1v) is 10.3. The topological polar surface area (TPSA) is 48.9 Å². The summed E-state index contributed by atoms with van der Waals surface area (Å²) in [6.07, 6.45) is 2.15. The van der Waals surface area contributed by atoms with Crippen molar-refractivity contribution in [1.29, 1.82) is 0 Å². The van der Waals surface area contributed by atoms with E-state index in [1.54, 1.807) is 19.2 Å². The first-order chi connectivity index (χ1) is 14.2. The van der Waals surface area contributed by atoms with E-state index in [0.717, 1.165) is 57.2 Å². The molecule has 0 spiro atoms. The van der Waals surface area contributed by atoms with E-state index in [1.165, 1.54) is 17.3 Å². The molecule has 4 rings (SSSR count). The van der Waals surface area contributed by atoms with Gasteiger partial charge in [-0.25, -0.2) is 4.39 Å². The van der Waals surface area contributed by atoms with Gasteiger partial charge in [0.15, 0.2) is 5.96 Å². The Balaban J connectivity index is 1.28. The van der Waals surface area contributed by atoms with Gasteiger partial charge in [-0.15, -0.1) is 0 Å². The Morgan fingerprint density at radius 3 is 2.52 bits per heavy atom. The molecular weight excluding hydrogens is 367 g/mol. The van der Waals surface area contributed by atoms with Crippen LogP contribution in [0.2, 0.25) is 0 Å². The number of rotatable bonds is 6. The zero-order valence-electron chi connectivity index (χ0n) is 17.0. The number of halogens is 1. The number of hydrogen-bond acceptors (Lipinski definition) is 3. The van der Waals surface area contributed by atoms with Crippen molar-refractivity contribution in [3.05, 3.63) is 65.5 Å². The van der Waals surface area contributed by atoms with Gasteiger partial charge in [-0.05, 0) is 48.2 Å². The molecule has 1 aliphatic carbocycles. The molecule has 1 heterocycles. The predicted molar refractivity (Wildman–Crippen MR) is 115 cm³/mol. The summed E-state index contributed by atoms with van der Waals surface area (Å²) in [5.74, 6) is 0.599. The Labute approximate surface area is 172 Å². The van der Waals surface area contributed by atoms with Crippen LogP contribution in [-0.2, 0) is 16.7 Å². The molecule has 2 aromatic carbocycles. The van der Waals surface area contributed by atoms with Crippen molar-refractivity contribution in [2.45, 2.75) is 24.8 Å². The van der Waals surface area contributed by atoms with Crippen molar-refractivity contribution < 1.29 is 9.13 Å². The van der Waals surface area contributed by atoms with Crippen LogP contribution < -0.4 is 15.5 Å². The lowest BCUT2D eigenvalue weighted by Gasteiger charge is -2.29. The van der Waals surface area contributed by atoms with E-state index in [4.69, 9.17) is 4.74 Å². The zero-order valence-corrected chi connectivity index (χ0v) is 17.0. The maximum atomic E-state index is 13.6. The fourth-order valence-electron chi connectivity index (χ4n) is 3.84. The molecule has 1 saturated carbocycles. The van der Waals surface area contributed by atoms with Gasteiger partial charge in [0.1, 0.15) is 5.82 Å². The fourth-order valence-corrected chi connectivity index (χ4v) is 3.84. The van der Waals surface area contributed by atoms with E-state index in [-0.39, 0.29) is 11.2 Å². The van der Waals surface area contributed by atoms with Gasteiger partial charge < -0.3 is 20.3 Å². The number of ether oxygens (including phenoxy) is 1. The molecule has 6 heteroatoms. The van der Waals surface area contributed by atoms with Gasteiger partial charge >= 0.3 is 0 Å². The molecule has 2 aliphatic rings. The van der Waals surface area contributed by atoms with Crippen molar-refractivity contribution in [2.75, 3.05) is 44.8 Å². The van der Waals surface area contributed by atoms with Crippen molar-refractivity contribution in [3.63, 3.8) is 0 Å². The highest BCUT2D eigenvalue weighted by atomic mass is 19.1. The smallest absolute Gasteiger partial charge is 0.191 e. The maximum absolute atomic E-state index is 13.6. The summed E-state index contributed by atoms with van der Waals surface area (Å²) in [6.45, 7) is 4.94. The van der Waals surface area contributed by atoms with Crippen LogP contribution in [0.15, 0.2) is 53.5 Å². The number of nitrogens with one attached hydrogen (secondary N) is 2. The summed E-state index contributed by atoms with van der Waals surface area (Å²) in [4.78, 5) is 6.68. The van der Waals surface area contributed by atoms with Crippen LogP contribution in [-0.4, -0.2) is 45.9 Å². The Hall–Kier alpha value is -2.60. The quantitative estimate of drug-likeness (QED) is 0.582. The lowest BCUT2D eigenvalue weighted by atomic mass is 9.96.